The van der Waals surface area contributed by atoms with E-state index >= 15 is 0 Å². The lowest BCUT2D eigenvalue weighted by atomic mass is 9.88. The molecule has 2 heterocycles. The second-order valence-electron chi connectivity index (χ2n) is 4.45. The van der Waals surface area contributed by atoms with Crippen molar-refractivity contribution in [2.24, 2.45) is 0 Å². The molecule has 0 aromatic carbocycles. The van der Waals surface area contributed by atoms with Gasteiger partial charge < -0.3 is 15.7 Å². The largest absolute Gasteiger partial charge is 0.481 e. The molecule has 1 aliphatic rings. The average molecular weight is 235 g/mol. The number of nitrogens with one attached hydrogen (secondary N) is 2. The number of nitrogens with zero attached hydrogens (tertiary/aromatic N) is 1. The summed E-state index contributed by atoms with van der Waals surface area (Å²) in [6, 6.07) is 5.82. The van der Waals surface area contributed by atoms with Crippen LogP contribution in [0.4, 0.5) is 0 Å². The van der Waals surface area contributed by atoms with Crippen LogP contribution in [0.25, 0.3) is 0 Å². The van der Waals surface area contributed by atoms with E-state index in [2.05, 4.69) is 15.6 Å². The smallest absolute Gasteiger partial charge is 0.305 e. The highest BCUT2D eigenvalue weighted by molar-refractivity contribution is 5.68. The van der Waals surface area contributed by atoms with Crippen LogP contribution in [-0.4, -0.2) is 41.2 Å². The Bertz CT molecular complexity index is 377. The number of aromatic nitrogens is 1. The molecule has 0 saturated carbocycles. The molecule has 17 heavy (non-hydrogen) atoms. The van der Waals surface area contributed by atoms with Crippen molar-refractivity contribution in [1.29, 1.82) is 0 Å². The molecule has 5 heteroatoms. The summed E-state index contributed by atoms with van der Waals surface area (Å²) in [4.78, 5) is 15.0. The molecule has 0 bridgehead atoms. The molecule has 0 radical (unpaired) electrons. The molecule has 0 unspecified atom stereocenters. The van der Waals surface area contributed by atoms with Gasteiger partial charge in [0, 0.05) is 37.9 Å². The van der Waals surface area contributed by atoms with Gasteiger partial charge in [-0.3, -0.25) is 9.78 Å². The first-order valence-corrected chi connectivity index (χ1v) is 5.78. The maximum atomic E-state index is 10.8. The van der Waals surface area contributed by atoms with Crippen LogP contribution in [0.1, 0.15) is 12.1 Å². The van der Waals surface area contributed by atoms with Crippen molar-refractivity contribution in [1.82, 2.24) is 15.6 Å². The standard InChI is InChI=1S/C12H17N3O2/c16-11(17)7-12(8-13-9-12)15-6-4-10-3-1-2-5-14-10/h1-3,5,13,15H,4,6-9H2,(H,16,17). The van der Waals surface area contributed by atoms with E-state index in [-0.39, 0.29) is 12.0 Å². The van der Waals surface area contributed by atoms with Crippen LogP contribution >= 0.6 is 0 Å². The topological polar surface area (TPSA) is 74.2 Å². The fraction of sp³-hybridized carbons (Fsp3) is 0.500. The highest BCUT2D eigenvalue weighted by atomic mass is 16.4. The predicted octanol–water partition coefficient (Wildman–Crippen LogP) is 0.0304. The van der Waals surface area contributed by atoms with E-state index in [1.54, 1.807) is 6.20 Å². The Hall–Kier alpha value is -1.46. The molecule has 1 saturated heterocycles. The van der Waals surface area contributed by atoms with Gasteiger partial charge in [0.25, 0.3) is 0 Å². The number of aliphatic carboxylic acids is 1. The maximum Gasteiger partial charge on any atom is 0.305 e. The van der Waals surface area contributed by atoms with Crippen LogP contribution in [0.3, 0.4) is 0 Å². The summed E-state index contributed by atoms with van der Waals surface area (Å²) in [5, 5.41) is 15.3. The number of pyridine rings is 1. The maximum absolute atomic E-state index is 10.8. The van der Waals surface area contributed by atoms with Crippen LogP contribution in [0, 0.1) is 0 Å². The van der Waals surface area contributed by atoms with Gasteiger partial charge in [-0.25, -0.2) is 0 Å². The molecule has 1 aromatic rings. The average Bonchev–Trinajstić information content (AvgIpc) is 2.26. The van der Waals surface area contributed by atoms with E-state index in [1.165, 1.54) is 0 Å². The Morgan fingerprint density at radius 2 is 2.35 bits per heavy atom. The van der Waals surface area contributed by atoms with Crippen molar-refractivity contribution >= 4 is 5.97 Å². The SMILES string of the molecule is O=C(O)CC1(NCCc2ccccn2)CNC1. The van der Waals surface area contributed by atoms with Gasteiger partial charge >= 0.3 is 5.97 Å². The summed E-state index contributed by atoms with van der Waals surface area (Å²) >= 11 is 0. The van der Waals surface area contributed by atoms with Crippen LogP contribution in [0.15, 0.2) is 24.4 Å². The zero-order valence-corrected chi connectivity index (χ0v) is 9.65. The Balaban J connectivity index is 1.79. The first-order valence-electron chi connectivity index (χ1n) is 5.78. The summed E-state index contributed by atoms with van der Waals surface area (Å²) < 4.78 is 0. The molecule has 1 aliphatic heterocycles. The number of carbonyl (C=O) groups is 1. The fourth-order valence-electron chi connectivity index (χ4n) is 2.03. The summed E-state index contributed by atoms with van der Waals surface area (Å²) in [7, 11) is 0. The number of rotatable bonds is 6. The number of carboxylic acids is 1. The van der Waals surface area contributed by atoms with E-state index in [4.69, 9.17) is 5.11 Å². The molecule has 0 atom stereocenters. The summed E-state index contributed by atoms with van der Waals surface area (Å²) in [5.74, 6) is -0.753. The Labute approximate surface area is 100 Å². The molecule has 3 N–H and O–H groups in total. The van der Waals surface area contributed by atoms with E-state index in [0.717, 1.165) is 31.7 Å². The Kier molecular flexibility index (Phi) is 3.71. The lowest BCUT2D eigenvalue weighted by Crippen LogP contribution is -2.68. The molecular weight excluding hydrogens is 218 g/mol. The minimum atomic E-state index is -0.753. The lowest BCUT2D eigenvalue weighted by molar-refractivity contribution is -0.139. The highest BCUT2D eigenvalue weighted by Gasteiger charge is 2.38. The van der Waals surface area contributed by atoms with E-state index in [0.29, 0.717) is 0 Å². The van der Waals surface area contributed by atoms with Crippen LogP contribution in [0.2, 0.25) is 0 Å². The molecule has 1 fully saturated rings. The Morgan fingerprint density at radius 1 is 1.53 bits per heavy atom. The van der Waals surface area contributed by atoms with E-state index in [9.17, 15) is 4.79 Å². The third-order valence-electron chi connectivity index (χ3n) is 3.02. The van der Waals surface area contributed by atoms with E-state index < -0.39 is 5.97 Å². The van der Waals surface area contributed by atoms with Gasteiger partial charge in [-0.05, 0) is 12.1 Å². The fourth-order valence-corrected chi connectivity index (χ4v) is 2.03. The van der Waals surface area contributed by atoms with Crippen molar-refractivity contribution in [2.45, 2.75) is 18.4 Å². The zero-order chi connectivity index (χ0) is 12.1. The minimum absolute atomic E-state index is 0.169. The molecule has 2 rings (SSSR count). The second kappa shape index (κ2) is 5.25. The Morgan fingerprint density at radius 3 is 2.88 bits per heavy atom. The number of hydrogen-bond acceptors (Lipinski definition) is 4. The van der Waals surface area contributed by atoms with Crippen LogP contribution in [-0.2, 0) is 11.2 Å². The van der Waals surface area contributed by atoms with Crippen LogP contribution < -0.4 is 10.6 Å². The van der Waals surface area contributed by atoms with Gasteiger partial charge in [0.2, 0.25) is 0 Å². The first kappa shape index (κ1) is 12.0. The van der Waals surface area contributed by atoms with Gasteiger partial charge in [-0.15, -0.1) is 0 Å². The van der Waals surface area contributed by atoms with Crippen molar-refractivity contribution in [3.63, 3.8) is 0 Å². The van der Waals surface area contributed by atoms with Crippen molar-refractivity contribution < 1.29 is 9.90 Å². The molecular formula is C12H17N3O2. The predicted molar refractivity (Wildman–Crippen MR) is 63.8 cm³/mol. The molecule has 0 spiro atoms. The van der Waals surface area contributed by atoms with Crippen LogP contribution in [0.5, 0.6) is 0 Å². The van der Waals surface area contributed by atoms with Crippen molar-refractivity contribution in [2.75, 3.05) is 19.6 Å². The van der Waals surface area contributed by atoms with Gasteiger partial charge in [0.15, 0.2) is 0 Å². The molecule has 0 amide bonds. The third-order valence-corrected chi connectivity index (χ3v) is 3.02. The summed E-state index contributed by atoms with van der Waals surface area (Å²) in [5.41, 5.74) is 0.762. The van der Waals surface area contributed by atoms with Crippen molar-refractivity contribution in [3.8, 4) is 0 Å². The normalized spacial score (nSPS) is 17.4. The van der Waals surface area contributed by atoms with Gasteiger partial charge in [-0.1, -0.05) is 6.07 Å². The second-order valence-corrected chi connectivity index (χ2v) is 4.45. The van der Waals surface area contributed by atoms with Gasteiger partial charge in [0.05, 0.1) is 12.0 Å². The molecule has 1 aromatic heterocycles. The lowest BCUT2D eigenvalue weighted by Gasteiger charge is -2.42. The monoisotopic (exact) mass is 235 g/mol. The third kappa shape index (κ3) is 3.25. The number of hydrogen-bond donors (Lipinski definition) is 3. The quantitative estimate of drug-likeness (QED) is 0.648. The van der Waals surface area contributed by atoms with Gasteiger partial charge in [-0.2, -0.15) is 0 Å². The van der Waals surface area contributed by atoms with E-state index in [1.807, 2.05) is 18.2 Å². The number of carboxylic acid groups (broad SMARTS) is 1. The zero-order valence-electron chi connectivity index (χ0n) is 9.65. The summed E-state index contributed by atoms with van der Waals surface area (Å²) in [6.45, 7) is 2.20. The van der Waals surface area contributed by atoms with Gasteiger partial charge in [0.1, 0.15) is 0 Å². The highest BCUT2D eigenvalue weighted by Crippen LogP contribution is 2.15. The van der Waals surface area contributed by atoms with Crippen molar-refractivity contribution in [3.05, 3.63) is 30.1 Å². The minimum Gasteiger partial charge on any atom is -0.481 e. The summed E-state index contributed by atoms with van der Waals surface area (Å²) in [6.07, 6.45) is 2.76. The molecule has 92 valence electrons. The molecule has 5 nitrogen and oxygen atoms in total. The molecule has 0 aliphatic carbocycles. The first-order chi connectivity index (χ1) is 8.20.